The summed E-state index contributed by atoms with van der Waals surface area (Å²) in [6.07, 6.45) is -1.97. The van der Waals surface area contributed by atoms with Crippen molar-refractivity contribution in [2.24, 2.45) is 0 Å². The highest BCUT2D eigenvalue weighted by Crippen LogP contribution is 2.31. The Morgan fingerprint density at radius 2 is 1.73 bits per heavy atom. The molecule has 0 radical (unpaired) electrons. The third-order valence-corrected chi connectivity index (χ3v) is 4.84. The molecule has 30 heavy (non-hydrogen) atoms. The van der Waals surface area contributed by atoms with Gasteiger partial charge in [-0.15, -0.1) is 0 Å². The number of alkyl halides is 3. The highest BCUT2D eigenvalue weighted by Gasteiger charge is 2.30. The van der Waals surface area contributed by atoms with E-state index < -0.39 is 23.6 Å². The van der Waals surface area contributed by atoms with Gasteiger partial charge in [-0.05, 0) is 68.1 Å². The van der Waals surface area contributed by atoms with Crippen LogP contribution in [0.25, 0.3) is 0 Å². The smallest absolute Gasteiger partial charge is 0.416 e. The normalized spacial score (nSPS) is 18.9. The van der Waals surface area contributed by atoms with E-state index >= 15 is 0 Å². The van der Waals surface area contributed by atoms with E-state index in [1.165, 1.54) is 24.3 Å². The van der Waals surface area contributed by atoms with Gasteiger partial charge in [-0.1, -0.05) is 0 Å². The summed E-state index contributed by atoms with van der Waals surface area (Å²) >= 11 is 0. The number of carbonyl (C=O) groups is 1. The Kier molecular flexibility index (Phi) is 6.45. The zero-order chi connectivity index (χ0) is 21.7. The predicted octanol–water partition coefficient (Wildman–Crippen LogP) is 5.23. The Hall–Kier alpha value is -3.28. The average Bonchev–Trinajstić information content (AvgIpc) is 2.69. The highest BCUT2D eigenvalue weighted by atomic mass is 19.4. The lowest BCUT2D eigenvalue weighted by Crippen LogP contribution is -2.41. The molecule has 0 aromatic heterocycles. The van der Waals surface area contributed by atoms with Gasteiger partial charge in [0.15, 0.2) is 0 Å². The molecule has 0 unspecified atom stereocenters. The van der Waals surface area contributed by atoms with Crippen LogP contribution in [-0.2, 0) is 6.18 Å². The maximum atomic E-state index is 13.6. The van der Waals surface area contributed by atoms with Crippen LogP contribution in [0.3, 0.4) is 0 Å². The fourth-order valence-corrected chi connectivity index (χ4v) is 3.28. The van der Waals surface area contributed by atoms with E-state index in [4.69, 9.17) is 10.00 Å². The van der Waals surface area contributed by atoms with Crippen LogP contribution in [0.4, 0.5) is 28.0 Å². The minimum absolute atomic E-state index is 0.0966. The Morgan fingerprint density at radius 3 is 2.30 bits per heavy atom. The molecule has 0 atom stereocenters. The number of anilines is 1. The lowest BCUT2D eigenvalue weighted by molar-refractivity contribution is -0.137. The first-order valence-corrected chi connectivity index (χ1v) is 9.35. The number of hydrogen-bond acceptors (Lipinski definition) is 3. The number of hydrogen-bond donors (Lipinski definition) is 2. The molecule has 1 saturated carbocycles. The summed E-state index contributed by atoms with van der Waals surface area (Å²) in [5, 5.41) is 14.1. The first-order chi connectivity index (χ1) is 14.2. The second-order valence-corrected chi connectivity index (χ2v) is 7.02. The molecule has 158 valence electrons. The molecule has 1 fully saturated rings. The molecule has 3 rings (SSSR count). The second-order valence-electron chi connectivity index (χ2n) is 7.02. The van der Waals surface area contributed by atoms with Gasteiger partial charge in [0, 0.05) is 11.7 Å². The molecule has 0 bridgehead atoms. The van der Waals surface area contributed by atoms with Gasteiger partial charge in [-0.25, -0.2) is 9.18 Å². The number of halogens is 4. The number of rotatable bonds is 4. The van der Waals surface area contributed by atoms with Gasteiger partial charge in [-0.3, -0.25) is 0 Å². The van der Waals surface area contributed by atoms with Crippen molar-refractivity contribution in [1.29, 1.82) is 5.26 Å². The van der Waals surface area contributed by atoms with Crippen molar-refractivity contribution in [2.45, 2.75) is 44.0 Å². The van der Waals surface area contributed by atoms with Crippen molar-refractivity contribution in [3.05, 3.63) is 59.4 Å². The number of nitrogens with one attached hydrogen (secondary N) is 2. The molecular formula is C21H19F4N3O2. The van der Waals surface area contributed by atoms with Crippen LogP contribution in [0.15, 0.2) is 42.5 Å². The average molecular weight is 421 g/mol. The van der Waals surface area contributed by atoms with E-state index in [1.807, 2.05) is 0 Å². The predicted molar refractivity (Wildman–Crippen MR) is 101 cm³/mol. The first kappa shape index (κ1) is 21.4. The quantitative estimate of drug-likeness (QED) is 0.664. The van der Waals surface area contributed by atoms with Crippen LogP contribution in [0.2, 0.25) is 0 Å². The minimum atomic E-state index is -4.38. The summed E-state index contributed by atoms with van der Waals surface area (Å²) in [4.78, 5) is 12.1. The van der Waals surface area contributed by atoms with Crippen molar-refractivity contribution < 1.29 is 27.1 Å². The van der Waals surface area contributed by atoms with Crippen molar-refractivity contribution in [2.75, 3.05) is 5.32 Å². The van der Waals surface area contributed by atoms with Gasteiger partial charge in [0.2, 0.25) is 0 Å². The molecule has 5 nitrogen and oxygen atoms in total. The number of urea groups is 1. The van der Waals surface area contributed by atoms with Gasteiger partial charge in [0.25, 0.3) is 0 Å². The van der Waals surface area contributed by atoms with Crippen molar-refractivity contribution in [3.63, 3.8) is 0 Å². The first-order valence-electron chi connectivity index (χ1n) is 9.35. The maximum Gasteiger partial charge on any atom is 0.416 e. The monoisotopic (exact) mass is 421 g/mol. The summed E-state index contributed by atoms with van der Waals surface area (Å²) in [5.74, 6) is -0.337. The second kappa shape index (κ2) is 9.03. The third-order valence-electron chi connectivity index (χ3n) is 4.84. The van der Waals surface area contributed by atoms with E-state index in [9.17, 15) is 22.4 Å². The fourth-order valence-electron chi connectivity index (χ4n) is 3.28. The zero-order valence-electron chi connectivity index (χ0n) is 15.8. The molecular weight excluding hydrogens is 402 g/mol. The molecule has 2 aromatic rings. The lowest BCUT2D eigenvalue weighted by atomic mass is 9.93. The molecule has 0 aliphatic heterocycles. The zero-order valence-corrected chi connectivity index (χ0v) is 15.8. The van der Waals surface area contributed by atoms with Crippen molar-refractivity contribution >= 4 is 11.7 Å². The van der Waals surface area contributed by atoms with E-state index in [0.717, 1.165) is 18.2 Å². The summed E-state index contributed by atoms with van der Waals surface area (Å²) < 4.78 is 57.2. The highest BCUT2D eigenvalue weighted by molar-refractivity contribution is 5.89. The topological polar surface area (TPSA) is 74.2 Å². The van der Waals surface area contributed by atoms with E-state index in [1.54, 1.807) is 6.07 Å². The summed E-state index contributed by atoms with van der Waals surface area (Å²) in [7, 11) is 0. The Balaban J connectivity index is 1.44. The SMILES string of the molecule is N#Cc1ccc(NC(=O)NC2CCC(Oc3ccc(C(F)(F)F)cc3)CC2)cc1F. The summed E-state index contributed by atoms with van der Waals surface area (Å²) in [6, 6.07) is 9.51. The minimum Gasteiger partial charge on any atom is -0.490 e. The van der Waals surface area contributed by atoms with Crippen LogP contribution in [0, 0.1) is 17.1 Å². The molecule has 2 amide bonds. The molecule has 9 heteroatoms. The number of carbonyl (C=O) groups excluding carboxylic acids is 1. The van der Waals surface area contributed by atoms with E-state index in [2.05, 4.69) is 10.6 Å². The largest absolute Gasteiger partial charge is 0.490 e. The molecule has 2 aromatic carbocycles. The van der Waals surface area contributed by atoms with Crippen LogP contribution in [0.1, 0.15) is 36.8 Å². The van der Waals surface area contributed by atoms with Crippen molar-refractivity contribution in [3.8, 4) is 11.8 Å². The maximum absolute atomic E-state index is 13.6. The summed E-state index contributed by atoms with van der Waals surface area (Å²) in [6.45, 7) is 0. The molecule has 0 saturated heterocycles. The van der Waals surface area contributed by atoms with Crippen molar-refractivity contribution in [1.82, 2.24) is 5.32 Å². The third kappa shape index (κ3) is 5.63. The number of nitrogens with zero attached hydrogens (tertiary/aromatic N) is 1. The molecule has 0 spiro atoms. The molecule has 1 aliphatic carbocycles. The number of benzene rings is 2. The van der Waals surface area contributed by atoms with Crippen LogP contribution in [-0.4, -0.2) is 18.2 Å². The Bertz CT molecular complexity index is 931. The van der Waals surface area contributed by atoms with E-state index in [-0.39, 0.29) is 23.4 Å². The standard InChI is InChI=1S/C21H19F4N3O2/c22-19-11-16(4-1-13(19)12-26)28-20(29)27-15-5-9-18(10-6-15)30-17-7-2-14(3-8-17)21(23,24)25/h1-4,7-8,11,15,18H,5-6,9-10H2,(H2,27,28,29). The molecule has 2 N–H and O–H groups in total. The van der Waals surface area contributed by atoms with Crippen LogP contribution in [0.5, 0.6) is 5.75 Å². The van der Waals surface area contributed by atoms with E-state index in [0.29, 0.717) is 31.4 Å². The Morgan fingerprint density at radius 1 is 1.07 bits per heavy atom. The van der Waals surface area contributed by atoms with Crippen LogP contribution >= 0.6 is 0 Å². The lowest BCUT2D eigenvalue weighted by Gasteiger charge is -2.29. The number of amides is 2. The van der Waals surface area contributed by atoms with Crippen LogP contribution < -0.4 is 15.4 Å². The fraction of sp³-hybridized carbons (Fsp3) is 0.333. The number of ether oxygens (including phenoxy) is 1. The van der Waals surface area contributed by atoms with Gasteiger partial charge < -0.3 is 15.4 Å². The molecule has 0 heterocycles. The Labute approximate surface area is 170 Å². The number of nitriles is 1. The van der Waals surface area contributed by atoms with Gasteiger partial charge in [0.05, 0.1) is 17.2 Å². The van der Waals surface area contributed by atoms with Gasteiger partial charge in [0.1, 0.15) is 17.6 Å². The summed E-state index contributed by atoms with van der Waals surface area (Å²) in [5.41, 5.74) is -0.591. The molecule has 1 aliphatic rings. The van der Waals surface area contributed by atoms with Gasteiger partial charge >= 0.3 is 12.2 Å². The van der Waals surface area contributed by atoms with Gasteiger partial charge in [-0.2, -0.15) is 18.4 Å².